The second-order valence-electron chi connectivity index (χ2n) is 8.51. The number of carbonyl (C=O) groups is 1. The monoisotopic (exact) mass is 492 g/mol. The fourth-order valence-electron chi connectivity index (χ4n) is 4.44. The smallest absolute Gasteiger partial charge is 0.260 e. The molecule has 0 saturated carbocycles. The highest BCUT2D eigenvalue weighted by atomic mass is 32.2. The molecule has 1 amide bonds. The minimum Gasteiger partial charge on any atom is -0.340 e. The molecule has 2 N–H and O–H groups in total. The van der Waals surface area contributed by atoms with Crippen LogP contribution in [0, 0.1) is 5.92 Å². The van der Waals surface area contributed by atoms with Crippen LogP contribution in [0.25, 0.3) is 0 Å². The van der Waals surface area contributed by atoms with Crippen molar-refractivity contribution in [2.24, 2.45) is 11.7 Å². The van der Waals surface area contributed by atoms with Gasteiger partial charge in [0.25, 0.3) is 10.0 Å². The number of rotatable bonds is 5. The van der Waals surface area contributed by atoms with E-state index in [2.05, 4.69) is 4.98 Å². The number of amides is 1. The van der Waals surface area contributed by atoms with Crippen molar-refractivity contribution in [1.82, 2.24) is 14.2 Å². The van der Waals surface area contributed by atoms with Gasteiger partial charge in [-0.3, -0.25) is 4.79 Å². The summed E-state index contributed by atoms with van der Waals surface area (Å²) in [7, 11) is -7.08. The molecule has 2 fully saturated rings. The Morgan fingerprint density at radius 2 is 1.73 bits per heavy atom. The molecule has 178 valence electrons. The zero-order valence-electron chi connectivity index (χ0n) is 18.2. The Morgan fingerprint density at radius 1 is 1.03 bits per heavy atom. The topological polar surface area (TPSA) is 131 Å². The highest BCUT2D eigenvalue weighted by Crippen LogP contribution is 2.34. The first-order chi connectivity index (χ1) is 15.7. The standard InChI is InChI=1S/C22H28N4O5S2/c23-14-20-7-4-8-21(24-20)33(30,31)26-15-18(17-5-2-1-3-6-17)13-19(16-26)22(27)25-9-11-32(28,29)12-10-25/h1-8,18-19H,9-16,23H2/t18-,19-/m1/s1. The van der Waals surface area contributed by atoms with E-state index in [-0.39, 0.29) is 61.1 Å². The zero-order chi connectivity index (χ0) is 23.6. The van der Waals surface area contributed by atoms with Gasteiger partial charge in [0.2, 0.25) is 5.91 Å². The van der Waals surface area contributed by atoms with Crippen molar-refractivity contribution in [3.05, 3.63) is 59.8 Å². The van der Waals surface area contributed by atoms with Gasteiger partial charge in [-0.25, -0.2) is 21.8 Å². The molecule has 33 heavy (non-hydrogen) atoms. The summed E-state index contributed by atoms with van der Waals surface area (Å²) in [6.07, 6.45) is 0.494. The molecular formula is C22H28N4O5S2. The third kappa shape index (κ3) is 5.26. The quantitative estimate of drug-likeness (QED) is 0.646. The van der Waals surface area contributed by atoms with Crippen LogP contribution < -0.4 is 5.73 Å². The number of benzene rings is 1. The molecule has 0 spiro atoms. The lowest BCUT2D eigenvalue weighted by molar-refractivity contribution is -0.136. The number of nitrogens with two attached hydrogens (primary N) is 1. The van der Waals surface area contributed by atoms with Crippen LogP contribution in [0.2, 0.25) is 0 Å². The highest BCUT2D eigenvalue weighted by Gasteiger charge is 2.40. The second-order valence-corrected chi connectivity index (χ2v) is 12.7. The maximum absolute atomic E-state index is 13.5. The van der Waals surface area contributed by atoms with Crippen molar-refractivity contribution in [3.63, 3.8) is 0 Å². The van der Waals surface area contributed by atoms with Crippen LogP contribution >= 0.6 is 0 Å². The van der Waals surface area contributed by atoms with Crippen LogP contribution in [0.3, 0.4) is 0 Å². The molecule has 2 aliphatic rings. The van der Waals surface area contributed by atoms with Gasteiger partial charge in [-0.2, -0.15) is 4.31 Å². The lowest BCUT2D eigenvalue weighted by atomic mass is 9.85. The first kappa shape index (κ1) is 23.8. The lowest BCUT2D eigenvalue weighted by Gasteiger charge is -2.39. The predicted molar refractivity (Wildman–Crippen MR) is 123 cm³/mol. The number of sulfone groups is 1. The summed E-state index contributed by atoms with van der Waals surface area (Å²) in [5.74, 6) is -1.07. The molecule has 2 aliphatic heterocycles. The molecule has 2 aromatic rings. The third-order valence-corrected chi connectivity index (χ3v) is 9.63. The van der Waals surface area contributed by atoms with Gasteiger partial charge in [0, 0.05) is 32.7 Å². The molecule has 1 aromatic heterocycles. The van der Waals surface area contributed by atoms with Crippen LogP contribution in [0.1, 0.15) is 23.6 Å². The molecule has 11 heteroatoms. The Bertz CT molecular complexity index is 1200. The summed E-state index contributed by atoms with van der Waals surface area (Å²) in [4.78, 5) is 19.1. The maximum atomic E-state index is 13.5. The van der Waals surface area contributed by atoms with E-state index in [1.54, 1.807) is 17.0 Å². The average Bonchev–Trinajstić information content (AvgIpc) is 2.84. The predicted octanol–water partition coefficient (Wildman–Crippen LogP) is 0.592. The van der Waals surface area contributed by atoms with Crippen molar-refractivity contribution >= 4 is 25.8 Å². The van der Waals surface area contributed by atoms with E-state index in [4.69, 9.17) is 5.73 Å². The number of hydrogen-bond acceptors (Lipinski definition) is 7. The molecule has 4 rings (SSSR count). The van der Waals surface area contributed by atoms with E-state index in [1.807, 2.05) is 30.3 Å². The van der Waals surface area contributed by atoms with E-state index in [0.29, 0.717) is 12.1 Å². The number of aromatic nitrogens is 1. The number of carbonyl (C=O) groups excluding carboxylic acids is 1. The van der Waals surface area contributed by atoms with E-state index in [1.165, 1.54) is 10.4 Å². The molecular weight excluding hydrogens is 464 g/mol. The first-order valence-electron chi connectivity index (χ1n) is 10.9. The first-order valence-corrected chi connectivity index (χ1v) is 14.2. The normalized spacial score (nSPS) is 23.8. The van der Waals surface area contributed by atoms with Crippen LogP contribution in [0.4, 0.5) is 0 Å². The summed E-state index contributed by atoms with van der Waals surface area (Å²) in [5.41, 5.74) is 7.06. The SMILES string of the molecule is NCc1cccc(S(=O)(=O)N2C[C@H](C(=O)N3CCS(=O)(=O)CC3)C[C@@H](c3ccccc3)C2)n1. The number of pyridine rings is 1. The highest BCUT2D eigenvalue weighted by molar-refractivity contribution is 7.91. The number of hydrogen-bond donors (Lipinski definition) is 1. The Hall–Kier alpha value is -2.34. The summed E-state index contributed by atoms with van der Waals surface area (Å²) in [5, 5.41) is -0.0885. The zero-order valence-corrected chi connectivity index (χ0v) is 19.8. The van der Waals surface area contributed by atoms with Crippen LogP contribution in [-0.2, 0) is 31.2 Å². The van der Waals surface area contributed by atoms with E-state index >= 15 is 0 Å². The Labute approximate surface area is 194 Å². The fourth-order valence-corrected chi connectivity index (χ4v) is 7.14. The van der Waals surface area contributed by atoms with Crippen molar-refractivity contribution in [1.29, 1.82) is 0 Å². The largest absolute Gasteiger partial charge is 0.340 e. The molecule has 1 aromatic carbocycles. The van der Waals surface area contributed by atoms with Crippen molar-refractivity contribution in [3.8, 4) is 0 Å². The molecule has 0 unspecified atom stereocenters. The Balaban J connectivity index is 1.63. The summed E-state index contributed by atoms with van der Waals surface area (Å²) in [6.45, 7) is 0.664. The van der Waals surface area contributed by atoms with E-state index < -0.39 is 25.8 Å². The number of piperidine rings is 1. The molecule has 9 nitrogen and oxygen atoms in total. The summed E-state index contributed by atoms with van der Waals surface area (Å²) in [6, 6.07) is 14.2. The van der Waals surface area contributed by atoms with Crippen LogP contribution in [-0.4, -0.2) is 74.6 Å². The minimum absolute atomic E-state index is 0.0300. The van der Waals surface area contributed by atoms with Crippen molar-refractivity contribution in [2.45, 2.75) is 23.9 Å². The molecule has 2 atom stereocenters. The number of nitrogens with zero attached hydrogens (tertiary/aromatic N) is 3. The molecule has 2 saturated heterocycles. The van der Waals surface area contributed by atoms with Crippen molar-refractivity contribution < 1.29 is 21.6 Å². The van der Waals surface area contributed by atoms with Gasteiger partial charge in [0.15, 0.2) is 14.9 Å². The fraction of sp³-hybridized carbons (Fsp3) is 0.455. The van der Waals surface area contributed by atoms with Gasteiger partial charge >= 0.3 is 0 Å². The van der Waals surface area contributed by atoms with Gasteiger partial charge in [-0.1, -0.05) is 36.4 Å². The van der Waals surface area contributed by atoms with Gasteiger partial charge < -0.3 is 10.6 Å². The van der Waals surface area contributed by atoms with E-state index in [0.717, 1.165) is 5.56 Å². The summed E-state index contributed by atoms with van der Waals surface area (Å²) >= 11 is 0. The minimum atomic E-state index is -3.95. The van der Waals surface area contributed by atoms with Crippen LogP contribution in [0.5, 0.6) is 0 Å². The molecule has 0 radical (unpaired) electrons. The van der Waals surface area contributed by atoms with Gasteiger partial charge in [0.1, 0.15) is 0 Å². The summed E-state index contributed by atoms with van der Waals surface area (Å²) < 4.78 is 51.9. The molecule has 3 heterocycles. The Morgan fingerprint density at radius 3 is 2.39 bits per heavy atom. The van der Waals surface area contributed by atoms with E-state index in [9.17, 15) is 21.6 Å². The maximum Gasteiger partial charge on any atom is 0.260 e. The second kappa shape index (κ2) is 9.49. The third-order valence-electron chi connectivity index (χ3n) is 6.29. The van der Waals surface area contributed by atoms with Gasteiger partial charge in [-0.15, -0.1) is 0 Å². The van der Waals surface area contributed by atoms with Crippen LogP contribution in [0.15, 0.2) is 53.6 Å². The number of sulfonamides is 1. The van der Waals surface area contributed by atoms with Gasteiger partial charge in [0.05, 0.1) is 23.1 Å². The van der Waals surface area contributed by atoms with Crippen molar-refractivity contribution in [2.75, 3.05) is 37.7 Å². The van der Waals surface area contributed by atoms with Gasteiger partial charge in [-0.05, 0) is 30.0 Å². The molecule has 0 aliphatic carbocycles. The Kier molecular flexibility index (Phi) is 6.85. The average molecular weight is 493 g/mol. The molecule has 0 bridgehead atoms. The lowest BCUT2D eigenvalue weighted by Crippen LogP contribution is -2.52.